The van der Waals surface area contributed by atoms with E-state index < -0.39 is 0 Å². The fourth-order valence-corrected chi connectivity index (χ4v) is 3.30. The Morgan fingerprint density at radius 1 is 1.17 bits per heavy atom. The summed E-state index contributed by atoms with van der Waals surface area (Å²) in [4.78, 5) is 7.20. The van der Waals surface area contributed by atoms with Crippen molar-refractivity contribution in [2.24, 2.45) is 10.9 Å². The lowest BCUT2D eigenvalue weighted by Gasteiger charge is -2.14. The molecule has 1 heterocycles. The predicted octanol–water partition coefficient (Wildman–Crippen LogP) is 4.65. The van der Waals surface area contributed by atoms with Crippen molar-refractivity contribution in [3.8, 4) is 0 Å². The molecule has 1 aliphatic rings. The van der Waals surface area contributed by atoms with Crippen LogP contribution in [-0.4, -0.2) is 30.0 Å². The van der Waals surface area contributed by atoms with E-state index >= 15 is 0 Å². The highest BCUT2D eigenvalue weighted by Gasteiger charge is 2.25. The van der Waals surface area contributed by atoms with Crippen molar-refractivity contribution in [2.75, 3.05) is 13.1 Å². The molecule has 3 nitrogen and oxygen atoms in total. The summed E-state index contributed by atoms with van der Waals surface area (Å²) in [5.74, 6) is 1.78. The molecule has 0 aliphatic carbocycles. The van der Waals surface area contributed by atoms with Gasteiger partial charge in [-0.05, 0) is 41.7 Å². The first-order chi connectivity index (χ1) is 11.2. The molecule has 1 atom stereocenters. The Balaban J connectivity index is 0.00000208. The number of hydrogen-bond acceptors (Lipinski definition) is 1. The van der Waals surface area contributed by atoms with Crippen LogP contribution in [-0.2, 0) is 6.54 Å². The third-order valence-electron chi connectivity index (χ3n) is 4.44. The fraction of sp³-hybridized carbons (Fsp3) is 0.450. The summed E-state index contributed by atoms with van der Waals surface area (Å²) >= 11 is 0. The molecule has 0 saturated carbocycles. The zero-order chi connectivity index (χ0) is 16.2. The Bertz CT molecular complexity index is 696. The Hall–Kier alpha value is -1.30. The van der Waals surface area contributed by atoms with Gasteiger partial charge in [0.1, 0.15) is 0 Å². The van der Waals surface area contributed by atoms with E-state index in [4.69, 9.17) is 4.99 Å². The lowest BCUT2D eigenvalue weighted by molar-refractivity contribution is 0.410. The van der Waals surface area contributed by atoms with E-state index in [9.17, 15) is 0 Å². The monoisotopic (exact) mass is 437 g/mol. The lowest BCUT2D eigenvalue weighted by Crippen LogP contribution is -2.31. The van der Waals surface area contributed by atoms with E-state index in [2.05, 4.69) is 73.5 Å². The highest BCUT2D eigenvalue weighted by molar-refractivity contribution is 14.0. The highest BCUT2D eigenvalue weighted by Crippen LogP contribution is 2.17. The SMILES string of the molecule is CCN1CC(CC(C)C)NC1=NCc1ccc2ccccc2c1.I. The Labute approximate surface area is 162 Å². The van der Waals surface area contributed by atoms with Crippen LogP contribution >= 0.6 is 24.0 Å². The number of likely N-dealkylation sites (N-methyl/N-ethyl adjacent to an activating group) is 1. The van der Waals surface area contributed by atoms with Crippen LogP contribution in [0.1, 0.15) is 32.8 Å². The van der Waals surface area contributed by atoms with Gasteiger partial charge < -0.3 is 10.2 Å². The molecule has 0 radical (unpaired) electrons. The van der Waals surface area contributed by atoms with Crippen molar-refractivity contribution in [2.45, 2.75) is 39.8 Å². The number of nitrogens with one attached hydrogen (secondary N) is 1. The molecule has 4 heteroatoms. The Kier molecular flexibility index (Phi) is 6.90. The minimum absolute atomic E-state index is 0. The first-order valence-corrected chi connectivity index (χ1v) is 8.69. The summed E-state index contributed by atoms with van der Waals surface area (Å²) < 4.78 is 0. The quantitative estimate of drug-likeness (QED) is 0.690. The average Bonchev–Trinajstić information content (AvgIpc) is 2.93. The van der Waals surface area contributed by atoms with Crippen LogP contribution in [0.15, 0.2) is 47.5 Å². The van der Waals surface area contributed by atoms with Crippen LogP contribution in [0, 0.1) is 5.92 Å². The predicted molar refractivity (Wildman–Crippen MR) is 114 cm³/mol. The number of aliphatic imine (C=N–C) groups is 1. The average molecular weight is 437 g/mol. The molecule has 1 fully saturated rings. The molecule has 0 bridgehead atoms. The largest absolute Gasteiger partial charge is 0.352 e. The molecule has 1 unspecified atom stereocenters. The summed E-state index contributed by atoms with van der Waals surface area (Å²) in [6.45, 7) is 9.58. The molecule has 130 valence electrons. The van der Waals surface area contributed by atoms with Gasteiger partial charge in [-0.2, -0.15) is 0 Å². The van der Waals surface area contributed by atoms with Crippen LogP contribution in [0.2, 0.25) is 0 Å². The summed E-state index contributed by atoms with van der Waals surface area (Å²) in [6.07, 6.45) is 1.20. The number of nitrogens with zero attached hydrogens (tertiary/aromatic N) is 2. The topological polar surface area (TPSA) is 27.6 Å². The first kappa shape index (κ1) is 19.0. The number of hydrogen-bond donors (Lipinski definition) is 1. The van der Waals surface area contributed by atoms with E-state index in [1.54, 1.807) is 0 Å². The van der Waals surface area contributed by atoms with Crippen LogP contribution in [0.3, 0.4) is 0 Å². The molecule has 2 aromatic carbocycles. The second kappa shape index (κ2) is 8.70. The molecule has 3 rings (SSSR count). The minimum Gasteiger partial charge on any atom is -0.352 e. The fourth-order valence-electron chi connectivity index (χ4n) is 3.30. The molecular formula is C20H28IN3. The Morgan fingerprint density at radius 2 is 1.92 bits per heavy atom. The summed E-state index contributed by atoms with van der Waals surface area (Å²) in [5.41, 5.74) is 1.27. The molecule has 24 heavy (non-hydrogen) atoms. The van der Waals surface area contributed by atoms with Gasteiger partial charge >= 0.3 is 0 Å². The first-order valence-electron chi connectivity index (χ1n) is 8.69. The molecule has 0 spiro atoms. The van der Waals surface area contributed by atoms with Crippen molar-refractivity contribution in [3.63, 3.8) is 0 Å². The van der Waals surface area contributed by atoms with Gasteiger partial charge in [0.05, 0.1) is 6.54 Å². The van der Waals surface area contributed by atoms with E-state index in [1.807, 2.05) is 0 Å². The van der Waals surface area contributed by atoms with Crippen LogP contribution in [0.4, 0.5) is 0 Å². The van der Waals surface area contributed by atoms with Crippen molar-refractivity contribution < 1.29 is 0 Å². The maximum atomic E-state index is 4.84. The van der Waals surface area contributed by atoms with Gasteiger partial charge in [-0.3, -0.25) is 0 Å². The standard InChI is InChI=1S/C20H27N3.HI/c1-4-23-14-19(11-15(2)3)22-20(23)21-13-16-9-10-17-7-5-6-8-18(17)12-16;/h5-10,12,15,19H,4,11,13-14H2,1-3H3,(H,21,22);1H. The van der Waals surface area contributed by atoms with Gasteiger partial charge in [0.25, 0.3) is 0 Å². The minimum atomic E-state index is 0. The number of rotatable bonds is 5. The summed E-state index contributed by atoms with van der Waals surface area (Å²) in [6, 6.07) is 15.6. The van der Waals surface area contributed by atoms with Gasteiger partial charge in [0.15, 0.2) is 5.96 Å². The summed E-state index contributed by atoms with van der Waals surface area (Å²) in [5, 5.41) is 6.18. The van der Waals surface area contributed by atoms with Crippen molar-refractivity contribution in [1.29, 1.82) is 0 Å². The second-order valence-electron chi connectivity index (χ2n) is 6.83. The summed E-state index contributed by atoms with van der Waals surface area (Å²) in [7, 11) is 0. The normalized spacial score (nSPS) is 18.9. The Morgan fingerprint density at radius 3 is 2.62 bits per heavy atom. The zero-order valence-electron chi connectivity index (χ0n) is 14.8. The van der Waals surface area contributed by atoms with Gasteiger partial charge in [-0.1, -0.05) is 50.2 Å². The van der Waals surface area contributed by atoms with Gasteiger partial charge in [-0.15, -0.1) is 24.0 Å². The molecule has 2 aromatic rings. The third kappa shape index (κ3) is 4.62. The smallest absolute Gasteiger partial charge is 0.194 e. The third-order valence-corrected chi connectivity index (χ3v) is 4.44. The molecule has 1 N–H and O–H groups in total. The maximum absolute atomic E-state index is 4.84. The maximum Gasteiger partial charge on any atom is 0.194 e. The molecule has 0 amide bonds. The number of halogens is 1. The number of fused-ring (bicyclic) bond motifs is 1. The molecular weight excluding hydrogens is 409 g/mol. The van der Waals surface area contributed by atoms with Crippen molar-refractivity contribution >= 4 is 40.7 Å². The van der Waals surface area contributed by atoms with Gasteiger partial charge in [-0.25, -0.2) is 4.99 Å². The van der Waals surface area contributed by atoms with E-state index in [0.29, 0.717) is 12.0 Å². The lowest BCUT2D eigenvalue weighted by atomic mass is 10.0. The number of guanidine groups is 1. The van der Waals surface area contributed by atoms with E-state index in [-0.39, 0.29) is 24.0 Å². The molecule has 1 aliphatic heterocycles. The van der Waals surface area contributed by atoms with Crippen LogP contribution in [0.5, 0.6) is 0 Å². The van der Waals surface area contributed by atoms with E-state index in [0.717, 1.165) is 25.6 Å². The van der Waals surface area contributed by atoms with Crippen LogP contribution < -0.4 is 5.32 Å². The van der Waals surface area contributed by atoms with Crippen molar-refractivity contribution in [3.05, 3.63) is 48.0 Å². The number of benzene rings is 2. The van der Waals surface area contributed by atoms with Gasteiger partial charge in [0.2, 0.25) is 0 Å². The van der Waals surface area contributed by atoms with Crippen molar-refractivity contribution in [1.82, 2.24) is 10.2 Å². The van der Waals surface area contributed by atoms with E-state index in [1.165, 1.54) is 22.8 Å². The molecule has 1 saturated heterocycles. The van der Waals surface area contributed by atoms with Gasteiger partial charge in [0, 0.05) is 19.1 Å². The van der Waals surface area contributed by atoms with Crippen LogP contribution in [0.25, 0.3) is 10.8 Å². The molecule has 0 aromatic heterocycles. The second-order valence-corrected chi connectivity index (χ2v) is 6.83. The highest BCUT2D eigenvalue weighted by atomic mass is 127. The zero-order valence-corrected chi connectivity index (χ0v) is 17.2.